The van der Waals surface area contributed by atoms with Gasteiger partial charge in [0, 0.05) is 6.20 Å². The first-order chi connectivity index (χ1) is 8.88. The topological polar surface area (TPSA) is 142 Å². The molecule has 0 aromatic carbocycles. The monoisotopic (exact) mass is 292 g/mol. The molecular weight excluding hydrogens is 279 g/mol. The highest BCUT2D eigenvalue weighted by Gasteiger charge is 2.44. The van der Waals surface area contributed by atoms with Gasteiger partial charge >= 0.3 is 7.82 Å². The summed E-state index contributed by atoms with van der Waals surface area (Å²) in [6.07, 6.45) is -1.83. The van der Waals surface area contributed by atoms with Crippen molar-refractivity contribution < 1.29 is 33.8 Å². The summed E-state index contributed by atoms with van der Waals surface area (Å²) in [4.78, 5) is 24.8. The van der Waals surface area contributed by atoms with Crippen LogP contribution in [-0.4, -0.2) is 54.9 Å². The van der Waals surface area contributed by atoms with Crippen molar-refractivity contribution in [3.05, 3.63) is 24.3 Å². The Morgan fingerprint density at radius 2 is 2.11 bits per heavy atom. The van der Waals surface area contributed by atoms with Gasteiger partial charge in [0.25, 0.3) is 0 Å². The van der Waals surface area contributed by atoms with Crippen LogP contribution in [0.4, 0.5) is 0 Å². The predicted molar refractivity (Wildman–Crippen MR) is 59.7 cm³/mol. The molecule has 0 bridgehead atoms. The van der Waals surface area contributed by atoms with E-state index in [4.69, 9.17) is 14.5 Å². The first-order valence-electron chi connectivity index (χ1n) is 5.36. The molecule has 0 unspecified atom stereocenters. The van der Waals surface area contributed by atoms with Crippen LogP contribution < -0.4 is 0 Å². The van der Waals surface area contributed by atoms with E-state index in [1.807, 2.05) is 0 Å². The number of phosphoric ester groups is 1. The molecule has 1 aromatic heterocycles. The SMILES string of the molecule is O=P(O)(O)OC[C@H]1O[C@@H](c2ccncn2)[C@H](O)[C@@H]1O. The molecule has 0 saturated carbocycles. The summed E-state index contributed by atoms with van der Waals surface area (Å²) in [5, 5.41) is 19.6. The maximum Gasteiger partial charge on any atom is 0.469 e. The third kappa shape index (κ3) is 3.54. The highest BCUT2D eigenvalue weighted by Crippen LogP contribution is 2.39. The minimum absolute atomic E-state index is 0.361. The number of aliphatic hydroxyl groups excluding tert-OH is 2. The van der Waals surface area contributed by atoms with E-state index < -0.39 is 38.8 Å². The van der Waals surface area contributed by atoms with E-state index in [1.54, 1.807) is 0 Å². The Morgan fingerprint density at radius 1 is 1.37 bits per heavy atom. The van der Waals surface area contributed by atoms with Crippen LogP contribution in [0.2, 0.25) is 0 Å². The molecule has 4 N–H and O–H groups in total. The Balaban J connectivity index is 2.04. The summed E-state index contributed by atoms with van der Waals surface area (Å²) in [6, 6.07) is 1.51. The van der Waals surface area contributed by atoms with Crippen molar-refractivity contribution >= 4 is 7.82 Å². The number of phosphoric acid groups is 1. The van der Waals surface area contributed by atoms with Crippen LogP contribution in [0.25, 0.3) is 0 Å². The van der Waals surface area contributed by atoms with Gasteiger partial charge in [-0.25, -0.2) is 14.5 Å². The number of nitrogens with zero attached hydrogens (tertiary/aromatic N) is 2. The standard InChI is InChI=1S/C9H13N2O7P/c12-7-6(3-17-19(14,15)16)18-9(8(7)13)5-1-2-10-4-11-5/h1-2,4,6-9,12-13H,3H2,(H2,14,15,16)/t6-,7-,8-,9+/m1/s1. The lowest BCUT2D eigenvalue weighted by Crippen LogP contribution is -2.33. The van der Waals surface area contributed by atoms with Crippen molar-refractivity contribution in [3.63, 3.8) is 0 Å². The lowest BCUT2D eigenvalue weighted by Gasteiger charge is -2.14. The lowest BCUT2D eigenvalue weighted by atomic mass is 10.1. The zero-order valence-electron chi connectivity index (χ0n) is 9.60. The number of aromatic nitrogens is 2. The molecule has 2 rings (SSSR count). The Kier molecular flexibility index (Phi) is 4.26. The van der Waals surface area contributed by atoms with Crippen molar-refractivity contribution in [2.45, 2.75) is 24.4 Å². The predicted octanol–water partition coefficient (Wildman–Crippen LogP) is -1.25. The highest BCUT2D eigenvalue weighted by atomic mass is 31.2. The van der Waals surface area contributed by atoms with Gasteiger partial charge in [0.2, 0.25) is 0 Å². The number of hydrogen-bond donors (Lipinski definition) is 4. The van der Waals surface area contributed by atoms with Crippen molar-refractivity contribution in [2.24, 2.45) is 0 Å². The van der Waals surface area contributed by atoms with Gasteiger partial charge in [0.15, 0.2) is 0 Å². The van der Waals surface area contributed by atoms with Gasteiger partial charge in [-0.3, -0.25) is 4.52 Å². The van der Waals surface area contributed by atoms with Crippen molar-refractivity contribution in [1.29, 1.82) is 0 Å². The fourth-order valence-electron chi connectivity index (χ4n) is 1.77. The zero-order valence-corrected chi connectivity index (χ0v) is 10.5. The van der Waals surface area contributed by atoms with Gasteiger partial charge in [-0.2, -0.15) is 0 Å². The van der Waals surface area contributed by atoms with E-state index in [0.29, 0.717) is 5.69 Å². The molecule has 1 saturated heterocycles. The number of hydrogen-bond acceptors (Lipinski definition) is 7. The maximum atomic E-state index is 10.6. The fraction of sp³-hybridized carbons (Fsp3) is 0.556. The van der Waals surface area contributed by atoms with E-state index in [9.17, 15) is 14.8 Å². The van der Waals surface area contributed by atoms with Crippen molar-refractivity contribution in [1.82, 2.24) is 9.97 Å². The molecule has 1 aliphatic rings. The van der Waals surface area contributed by atoms with E-state index in [2.05, 4.69) is 14.5 Å². The molecule has 2 heterocycles. The molecule has 1 aliphatic heterocycles. The van der Waals surface area contributed by atoms with Crippen LogP contribution in [0, 0.1) is 0 Å². The quantitative estimate of drug-likeness (QED) is 0.500. The molecule has 0 radical (unpaired) electrons. The largest absolute Gasteiger partial charge is 0.469 e. The smallest absolute Gasteiger partial charge is 0.387 e. The highest BCUT2D eigenvalue weighted by molar-refractivity contribution is 7.46. The van der Waals surface area contributed by atoms with Crippen LogP contribution in [-0.2, 0) is 13.8 Å². The number of aliphatic hydroxyl groups is 2. The molecule has 106 valence electrons. The second kappa shape index (κ2) is 5.59. The molecule has 9 nitrogen and oxygen atoms in total. The molecule has 0 aliphatic carbocycles. The van der Waals surface area contributed by atoms with Gasteiger partial charge < -0.3 is 24.7 Å². The molecule has 4 atom stereocenters. The Labute approximate surface area is 108 Å². The summed E-state index contributed by atoms with van der Waals surface area (Å²) in [5.41, 5.74) is 0.361. The first-order valence-corrected chi connectivity index (χ1v) is 6.89. The van der Waals surface area contributed by atoms with E-state index in [0.717, 1.165) is 0 Å². The van der Waals surface area contributed by atoms with Gasteiger partial charge in [-0.05, 0) is 6.07 Å². The summed E-state index contributed by atoms with van der Waals surface area (Å²) >= 11 is 0. The molecule has 1 aromatic rings. The molecule has 19 heavy (non-hydrogen) atoms. The van der Waals surface area contributed by atoms with Crippen molar-refractivity contribution in [3.8, 4) is 0 Å². The second-order valence-corrected chi connectivity index (χ2v) is 5.24. The Bertz CT molecular complexity index is 467. The third-order valence-electron chi connectivity index (χ3n) is 2.67. The lowest BCUT2D eigenvalue weighted by molar-refractivity contribution is -0.0235. The summed E-state index contributed by atoms with van der Waals surface area (Å²) in [7, 11) is -4.65. The van der Waals surface area contributed by atoms with Crippen LogP contribution >= 0.6 is 7.82 Å². The van der Waals surface area contributed by atoms with Crippen molar-refractivity contribution in [2.75, 3.05) is 6.61 Å². The Hall–Kier alpha value is -0.930. The molecule has 10 heteroatoms. The van der Waals surface area contributed by atoms with Crippen LogP contribution in [0.5, 0.6) is 0 Å². The average Bonchev–Trinajstić information content (AvgIpc) is 2.64. The Morgan fingerprint density at radius 3 is 2.68 bits per heavy atom. The van der Waals surface area contributed by atoms with Crippen LogP contribution in [0.1, 0.15) is 11.8 Å². The summed E-state index contributed by atoms with van der Waals surface area (Å²) in [6.45, 7) is -0.538. The van der Waals surface area contributed by atoms with E-state index >= 15 is 0 Å². The minimum Gasteiger partial charge on any atom is -0.387 e. The molecule has 0 spiro atoms. The minimum atomic E-state index is -4.65. The third-order valence-corrected chi connectivity index (χ3v) is 3.15. The van der Waals surface area contributed by atoms with Gasteiger partial charge in [0.1, 0.15) is 30.7 Å². The summed E-state index contributed by atoms with van der Waals surface area (Å²) in [5.74, 6) is 0. The molecule has 0 amide bonds. The van der Waals surface area contributed by atoms with E-state index in [1.165, 1.54) is 18.6 Å². The molecular formula is C9H13N2O7P. The maximum absolute atomic E-state index is 10.6. The van der Waals surface area contributed by atoms with Crippen LogP contribution in [0.15, 0.2) is 18.6 Å². The summed E-state index contributed by atoms with van der Waals surface area (Å²) < 4.78 is 20.1. The number of ether oxygens (including phenoxy) is 1. The normalized spacial score (nSPS) is 31.6. The van der Waals surface area contributed by atoms with Gasteiger partial charge in [0.05, 0.1) is 12.3 Å². The zero-order chi connectivity index (χ0) is 14.0. The van der Waals surface area contributed by atoms with E-state index in [-0.39, 0.29) is 0 Å². The second-order valence-electron chi connectivity index (χ2n) is 4.00. The fourth-order valence-corrected chi connectivity index (χ4v) is 2.11. The number of rotatable bonds is 4. The van der Waals surface area contributed by atoms with Gasteiger partial charge in [-0.15, -0.1) is 0 Å². The van der Waals surface area contributed by atoms with Gasteiger partial charge in [-0.1, -0.05) is 0 Å². The average molecular weight is 292 g/mol. The first kappa shape index (κ1) is 14.5. The molecule has 1 fully saturated rings. The van der Waals surface area contributed by atoms with Crippen LogP contribution in [0.3, 0.4) is 0 Å².